The van der Waals surface area contributed by atoms with Gasteiger partial charge in [-0.15, -0.1) is 10.2 Å². The first-order valence-corrected chi connectivity index (χ1v) is 9.99. The molecular formula is C20H19F6N5O5. The number of nitrogens with two attached hydrogens (primary N) is 1. The molecule has 1 aromatic heterocycles. The average Bonchev–Trinajstić information content (AvgIpc) is 3.20. The van der Waals surface area contributed by atoms with E-state index in [4.69, 9.17) is 15.9 Å². The SMILES string of the molecule is N[C@@H](CC(=O)N1CCn2c(nnc2C(F)(F)F)C1)Cc1cc(F)c(F)cc1F.O=C(O)/C=C/C(=O)O. The first-order valence-electron chi connectivity index (χ1n) is 9.99. The number of carboxylic acids is 2. The molecule has 2 aromatic rings. The molecule has 10 nitrogen and oxygen atoms in total. The maximum atomic E-state index is 13.7. The third-order valence-corrected chi connectivity index (χ3v) is 4.74. The number of benzene rings is 1. The highest BCUT2D eigenvalue weighted by Gasteiger charge is 2.40. The monoisotopic (exact) mass is 523 g/mol. The van der Waals surface area contributed by atoms with Crippen LogP contribution in [-0.4, -0.2) is 60.3 Å². The minimum Gasteiger partial charge on any atom is -0.478 e. The van der Waals surface area contributed by atoms with Crippen LogP contribution in [0.5, 0.6) is 0 Å². The van der Waals surface area contributed by atoms with Crippen molar-refractivity contribution in [3.63, 3.8) is 0 Å². The highest BCUT2D eigenvalue weighted by molar-refractivity contribution is 5.89. The maximum Gasteiger partial charge on any atom is 0.451 e. The van der Waals surface area contributed by atoms with Crippen molar-refractivity contribution < 1.29 is 50.9 Å². The van der Waals surface area contributed by atoms with Crippen molar-refractivity contribution in [1.82, 2.24) is 19.7 Å². The molecule has 0 saturated heterocycles. The molecule has 3 rings (SSSR count). The summed E-state index contributed by atoms with van der Waals surface area (Å²) in [5.74, 6) is -7.66. The molecule has 1 aliphatic rings. The number of halogens is 6. The van der Waals surface area contributed by atoms with Crippen LogP contribution >= 0.6 is 0 Å². The molecule has 4 N–H and O–H groups in total. The standard InChI is InChI=1S/C16H15F6N5O.C4H4O4/c17-10-6-12(19)11(18)4-8(10)3-9(23)5-14(28)26-1-2-27-13(7-26)24-25-15(27)16(20,21)22;5-3(6)1-2-4(7)8/h4,6,9H,1-3,5,7,23H2;1-2H,(H,5,6)(H,7,8)/b;2-1+/t9-;/m1./s1. The summed E-state index contributed by atoms with van der Waals surface area (Å²) in [6, 6.07) is 0.184. The molecule has 1 aromatic carbocycles. The van der Waals surface area contributed by atoms with Crippen LogP contribution in [0.2, 0.25) is 0 Å². The predicted molar refractivity (Wildman–Crippen MR) is 107 cm³/mol. The van der Waals surface area contributed by atoms with Crippen LogP contribution in [0.15, 0.2) is 24.3 Å². The molecule has 0 aliphatic carbocycles. The molecule has 0 unspecified atom stereocenters. The molecule has 0 spiro atoms. The average molecular weight is 523 g/mol. The molecule has 2 heterocycles. The Bertz CT molecular complexity index is 1150. The van der Waals surface area contributed by atoms with Crippen LogP contribution in [0.25, 0.3) is 0 Å². The van der Waals surface area contributed by atoms with Crippen LogP contribution in [0.1, 0.15) is 23.6 Å². The lowest BCUT2D eigenvalue weighted by Crippen LogP contribution is -2.42. The number of aromatic nitrogens is 3. The normalized spacial score (nSPS) is 14.1. The van der Waals surface area contributed by atoms with E-state index in [-0.39, 0.29) is 43.9 Å². The Labute approximate surface area is 198 Å². The fourth-order valence-electron chi connectivity index (χ4n) is 3.15. The van der Waals surface area contributed by atoms with Gasteiger partial charge in [-0.2, -0.15) is 13.2 Å². The Morgan fingerprint density at radius 3 is 2.14 bits per heavy atom. The number of hydrogen-bond acceptors (Lipinski definition) is 6. The van der Waals surface area contributed by atoms with E-state index in [0.29, 0.717) is 24.3 Å². The van der Waals surface area contributed by atoms with E-state index < -0.39 is 53.3 Å². The topological polar surface area (TPSA) is 152 Å². The van der Waals surface area contributed by atoms with E-state index in [1.54, 1.807) is 0 Å². The number of carbonyl (C=O) groups is 3. The summed E-state index contributed by atoms with van der Waals surface area (Å²) in [5, 5.41) is 22.2. The first-order chi connectivity index (χ1) is 16.7. The largest absolute Gasteiger partial charge is 0.478 e. The minimum absolute atomic E-state index is 0.000783. The molecule has 0 fully saturated rings. The fraction of sp³-hybridized carbons (Fsp3) is 0.350. The van der Waals surface area contributed by atoms with Crippen molar-refractivity contribution >= 4 is 17.8 Å². The van der Waals surface area contributed by atoms with Gasteiger partial charge >= 0.3 is 18.1 Å². The summed E-state index contributed by atoms with van der Waals surface area (Å²) in [7, 11) is 0. The van der Waals surface area contributed by atoms with Gasteiger partial charge in [0.1, 0.15) is 5.82 Å². The Morgan fingerprint density at radius 1 is 1.00 bits per heavy atom. The van der Waals surface area contributed by atoms with E-state index in [0.717, 1.165) is 4.57 Å². The molecule has 0 radical (unpaired) electrons. The summed E-state index contributed by atoms with van der Waals surface area (Å²) in [6.45, 7) is -0.302. The number of alkyl halides is 3. The number of carbonyl (C=O) groups excluding carboxylic acids is 1. The Hall–Kier alpha value is -3.95. The van der Waals surface area contributed by atoms with Crippen molar-refractivity contribution in [2.24, 2.45) is 5.73 Å². The summed E-state index contributed by atoms with van der Waals surface area (Å²) in [4.78, 5) is 32.7. The van der Waals surface area contributed by atoms with Crippen LogP contribution in [-0.2, 0) is 40.1 Å². The van der Waals surface area contributed by atoms with Crippen LogP contribution in [0, 0.1) is 17.5 Å². The number of fused-ring (bicyclic) bond motifs is 1. The fourth-order valence-corrected chi connectivity index (χ4v) is 3.15. The van der Waals surface area contributed by atoms with E-state index in [2.05, 4.69) is 10.2 Å². The summed E-state index contributed by atoms with van der Waals surface area (Å²) in [5.41, 5.74) is 5.64. The molecule has 1 atom stereocenters. The number of nitrogens with zero attached hydrogens (tertiary/aromatic N) is 4. The third-order valence-electron chi connectivity index (χ3n) is 4.74. The first kappa shape index (κ1) is 28.3. The van der Waals surface area contributed by atoms with E-state index >= 15 is 0 Å². The quantitative estimate of drug-likeness (QED) is 0.294. The van der Waals surface area contributed by atoms with Gasteiger partial charge in [0.25, 0.3) is 0 Å². The zero-order chi connectivity index (χ0) is 27.2. The van der Waals surface area contributed by atoms with Crippen LogP contribution in [0.4, 0.5) is 26.3 Å². The van der Waals surface area contributed by atoms with Gasteiger partial charge in [-0.3, -0.25) is 4.79 Å². The summed E-state index contributed by atoms with van der Waals surface area (Å²) < 4.78 is 79.3. The highest BCUT2D eigenvalue weighted by Crippen LogP contribution is 2.29. The predicted octanol–water partition coefficient (Wildman–Crippen LogP) is 1.73. The number of amides is 1. The van der Waals surface area contributed by atoms with Gasteiger partial charge in [-0.1, -0.05) is 0 Å². The van der Waals surface area contributed by atoms with Gasteiger partial charge < -0.3 is 25.4 Å². The van der Waals surface area contributed by atoms with Gasteiger partial charge in [-0.05, 0) is 18.1 Å². The Morgan fingerprint density at radius 2 is 1.58 bits per heavy atom. The Balaban J connectivity index is 0.000000493. The molecule has 36 heavy (non-hydrogen) atoms. The highest BCUT2D eigenvalue weighted by atomic mass is 19.4. The van der Waals surface area contributed by atoms with Gasteiger partial charge in [0.15, 0.2) is 17.5 Å². The molecule has 16 heteroatoms. The number of carboxylic acid groups (broad SMARTS) is 2. The van der Waals surface area contributed by atoms with Crippen LogP contribution in [0.3, 0.4) is 0 Å². The number of hydrogen-bond donors (Lipinski definition) is 3. The second-order valence-corrected chi connectivity index (χ2v) is 7.44. The molecule has 1 amide bonds. The number of rotatable bonds is 6. The third kappa shape index (κ3) is 7.79. The Kier molecular flexibility index (Phi) is 9.16. The van der Waals surface area contributed by atoms with Crippen molar-refractivity contribution in [3.05, 3.63) is 58.9 Å². The van der Waals surface area contributed by atoms with Gasteiger partial charge in [0.05, 0.1) is 6.54 Å². The molecule has 196 valence electrons. The lowest BCUT2D eigenvalue weighted by molar-refractivity contribution is -0.148. The van der Waals surface area contributed by atoms with Crippen molar-refractivity contribution in [1.29, 1.82) is 0 Å². The zero-order valence-corrected chi connectivity index (χ0v) is 18.2. The smallest absolute Gasteiger partial charge is 0.451 e. The van der Waals surface area contributed by atoms with E-state index in [1.807, 2.05) is 0 Å². The van der Waals surface area contributed by atoms with Crippen LogP contribution < -0.4 is 5.73 Å². The van der Waals surface area contributed by atoms with Crippen molar-refractivity contribution in [2.75, 3.05) is 6.54 Å². The van der Waals surface area contributed by atoms with E-state index in [1.165, 1.54) is 4.90 Å². The van der Waals surface area contributed by atoms with Gasteiger partial charge in [0, 0.05) is 43.8 Å². The van der Waals surface area contributed by atoms with E-state index in [9.17, 15) is 40.7 Å². The van der Waals surface area contributed by atoms with Crippen molar-refractivity contribution in [2.45, 2.75) is 38.1 Å². The molecule has 1 aliphatic heterocycles. The molecular weight excluding hydrogens is 504 g/mol. The second kappa shape index (κ2) is 11.7. The summed E-state index contributed by atoms with van der Waals surface area (Å²) >= 11 is 0. The molecule has 0 saturated carbocycles. The summed E-state index contributed by atoms with van der Waals surface area (Å²) in [6.07, 6.45) is -3.99. The molecule has 0 bridgehead atoms. The lowest BCUT2D eigenvalue weighted by atomic mass is 10.0. The van der Waals surface area contributed by atoms with Gasteiger partial charge in [-0.25, -0.2) is 22.8 Å². The lowest BCUT2D eigenvalue weighted by Gasteiger charge is -2.29. The van der Waals surface area contributed by atoms with Gasteiger partial charge in [0.2, 0.25) is 11.7 Å². The second-order valence-electron chi connectivity index (χ2n) is 7.44. The van der Waals surface area contributed by atoms with Crippen molar-refractivity contribution in [3.8, 4) is 0 Å². The number of aliphatic carboxylic acids is 2. The zero-order valence-electron chi connectivity index (χ0n) is 18.2. The maximum absolute atomic E-state index is 13.7. The minimum atomic E-state index is -4.64.